The molecule has 0 heterocycles. The Morgan fingerprint density at radius 1 is 1.33 bits per heavy atom. The van der Waals surface area contributed by atoms with Crippen LogP contribution in [0.3, 0.4) is 0 Å². The van der Waals surface area contributed by atoms with E-state index < -0.39 is 23.5 Å². The molecular weight excluding hydrogens is 252 g/mol. The van der Waals surface area contributed by atoms with Crippen LogP contribution < -0.4 is 0 Å². The Morgan fingerprint density at radius 2 is 2.00 bits per heavy atom. The Kier molecular flexibility index (Phi) is 4.47. The van der Waals surface area contributed by atoms with E-state index in [0.717, 1.165) is 12.1 Å². The number of hydrogen-bond donors (Lipinski definition) is 0. The van der Waals surface area contributed by atoms with Crippen molar-refractivity contribution in [3.05, 3.63) is 41.2 Å². The van der Waals surface area contributed by atoms with Gasteiger partial charge >= 0.3 is 12.1 Å². The van der Waals surface area contributed by atoms with E-state index in [9.17, 15) is 22.4 Å². The molecule has 0 aliphatic rings. The molecule has 0 amide bonds. The third-order valence-electron chi connectivity index (χ3n) is 2.07. The van der Waals surface area contributed by atoms with Crippen molar-refractivity contribution in [2.75, 3.05) is 7.11 Å². The smallest absolute Gasteiger partial charge is 0.416 e. The summed E-state index contributed by atoms with van der Waals surface area (Å²) in [6.07, 6.45) is -2.16. The van der Waals surface area contributed by atoms with E-state index in [1.54, 1.807) is 0 Å². The van der Waals surface area contributed by atoms with Gasteiger partial charge in [-0.2, -0.15) is 13.2 Å². The molecule has 0 unspecified atom stereocenters. The SMILES string of the molecule is COC(=O)CC=Cc1cc(F)cc(C(F)(F)F)c1. The van der Waals surface area contributed by atoms with Gasteiger partial charge in [-0.15, -0.1) is 0 Å². The monoisotopic (exact) mass is 262 g/mol. The Morgan fingerprint density at radius 3 is 2.56 bits per heavy atom. The third kappa shape index (κ3) is 4.20. The molecule has 2 nitrogen and oxygen atoms in total. The van der Waals surface area contributed by atoms with E-state index in [-0.39, 0.29) is 12.0 Å². The molecule has 0 fully saturated rings. The molecule has 0 bridgehead atoms. The van der Waals surface area contributed by atoms with Gasteiger partial charge in [0.15, 0.2) is 0 Å². The predicted molar refractivity (Wildman–Crippen MR) is 57.1 cm³/mol. The number of halogens is 4. The molecule has 1 aromatic rings. The molecule has 0 saturated heterocycles. The Labute approximate surface area is 101 Å². The van der Waals surface area contributed by atoms with E-state index in [1.165, 1.54) is 19.3 Å². The lowest BCUT2D eigenvalue weighted by Crippen LogP contribution is -2.05. The van der Waals surface area contributed by atoms with E-state index >= 15 is 0 Å². The standard InChI is InChI=1S/C12H10F4O2/c1-18-11(17)4-2-3-8-5-9(12(14,15)16)7-10(13)6-8/h2-3,5-7H,4H2,1H3. The minimum atomic E-state index is -4.60. The Balaban J connectivity index is 2.90. The van der Waals surface area contributed by atoms with Gasteiger partial charge in [0, 0.05) is 0 Å². The van der Waals surface area contributed by atoms with Crippen molar-refractivity contribution in [2.24, 2.45) is 0 Å². The summed E-state index contributed by atoms with van der Waals surface area (Å²) < 4.78 is 54.5. The van der Waals surface area contributed by atoms with Crippen LogP contribution in [0.5, 0.6) is 0 Å². The van der Waals surface area contributed by atoms with Crippen molar-refractivity contribution in [3.8, 4) is 0 Å². The van der Waals surface area contributed by atoms with Crippen LogP contribution in [0.1, 0.15) is 17.5 Å². The first-order chi connectivity index (χ1) is 8.32. The maximum absolute atomic E-state index is 13.0. The zero-order chi connectivity index (χ0) is 13.8. The number of carbonyl (C=O) groups is 1. The molecule has 0 saturated carbocycles. The number of carbonyl (C=O) groups excluding carboxylic acids is 1. The highest BCUT2D eigenvalue weighted by atomic mass is 19.4. The highest BCUT2D eigenvalue weighted by Gasteiger charge is 2.31. The molecule has 0 aliphatic carbocycles. The van der Waals surface area contributed by atoms with Gasteiger partial charge in [0.1, 0.15) is 5.82 Å². The van der Waals surface area contributed by atoms with Crippen LogP contribution in [0.25, 0.3) is 6.08 Å². The van der Waals surface area contributed by atoms with Gasteiger partial charge in [-0.1, -0.05) is 12.2 Å². The zero-order valence-electron chi connectivity index (χ0n) is 9.42. The summed E-state index contributed by atoms with van der Waals surface area (Å²) in [7, 11) is 1.19. The van der Waals surface area contributed by atoms with Gasteiger partial charge < -0.3 is 4.74 Å². The quantitative estimate of drug-likeness (QED) is 0.616. The summed E-state index contributed by atoms with van der Waals surface area (Å²) in [5.41, 5.74) is -1.04. The zero-order valence-corrected chi connectivity index (χ0v) is 9.42. The molecule has 0 spiro atoms. The number of methoxy groups -OCH3 is 1. The van der Waals surface area contributed by atoms with E-state index in [1.807, 2.05) is 0 Å². The number of hydrogen-bond acceptors (Lipinski definition) is 2. The lowest BCUT2D eigenvalue weighted by Gasteiger charge is -2.07. The molecular formula is C12H10F4O2. The lowest BCUT2D eigenvalue weighted by molar-refractivity contribution is -0.139. The molecule has 0 atom stereocenters. The van der Waals surface area contributed by atoms with Crippen LogP contribution in [0.2, 0.25) is 0 Å². The minimum Gasteiger partial charge on any atom is -0.469 e. The maximum Gasteiger partial charge on any atom is 0.416 e. The lowest BCUT2D eigenvalue weighted by atomic mass is 10.1. The van der Waals surface area contributed by atoms with Crippen molar-refractivity contribution >= 4 is 12.0 Å². The van der Waals surface area contributed by atoms with Crippen molar-refractivity contribution in [2.45, 2.75) is 12.6 Å². The van der Waals surface area contributed by atoms with E-state index in [4.69, 9.17) is 0 Å². The fourth-order valence-electron chi connectivity index (χ4n) is 1.25. The number of ether oxygens (including phenoxy) is 1. The Hall–Kier alpha value is -1.85. The van der Waals surface area contributed by atoms with E-state index in [0.29, 0.717) is 6.07 Å². The second kappa shape index (κ2) is 5.66. The maximum atomic E-state index is 13.0. The van der Waals surface area contributed by atoms with Gasteiger partial charge in [0.2, 0.25) is 0 Å². The summed E-state index contributed by atoms with van der Waals surface area (Å²) in [5, 5.41) is 0. The molecule has 0 radical (unpaired) electrons. The molecule has 18 heavy (non-hydrogen) atoms. The van der Waals surface area contributed by atoms with Crippen molar-refractivity contribution in [1.29, 1.82) is 0 Å². The van der Waals surface area contributed by atoms with Crippen molar-refractivity contribution in [1.82, 2.24) is 0 Å². The van der Waals surface area contributed by atoms with Gasteiger partial charge in [-0.3, -0.25) is 4.79 Å². The fourth-order valence-corrected chi connectivity index (χ4v) is 1.25. The van der Waals surface area contributed by atoms with E-state index in [2.05, 4.69) is 4.74 Å². The minimum absolute atomic E-state index is 0.0335. The van der Waals surface area contributed by atoms with Crippen molar-refractivity contribution < 1.29 is 27.1 Å². The predicted octanol–water partition coefficient (Wildman–Crippen LogP) is 3.42. The molecule has 0 N–H and O–H groups in total. The molecule has 98 valence electrons. The van der Waals surface area contributed by atoms with Gasteiger partial charge in [-0.25, -0.2) is 4.39 Å². The number of esters is 1. The number of alkyl halides is 3. The average Bonchev–Trinajstić information content (AvgIpc) is 2.27. The van der Waals surface area contributed by atoms with Gasteiger partial charge in [-0.05, 0) is 23.8 Å². The summed E-state index contributed by atoms with van der Waals surface area (Å²) in [6.45, 7) is 0. The van der Waals surface area contributed by atoms with Crippen molar-refractivity contribution in [3.63, 3.8) is 0 Å². The first-order valence-corrected chi connectivity index (χ1v) is 4.94. The summed E-state index contributed by atoms with van der Waals surface area (Å²) >= 11 is 0. The van der Waals surface area contributed by atoms with Crippen LogP contribution >= 0.6 is 0 Å². The summed E-state index contributed by atoms with van der Waals surface area (Å²) in [5.74, 6) is -1.51. The number of benzene rings is 1. The van der Waals surface area contributed by atoms with Crippen LogP contribution in [0.15, 0.2) is 24.3 Å². The largest absolute Gasteiger partial charge is 0.469 e. The fraction of sp³-hybridized carbons (Fsp3) is 0.250. The van der Waals surface area contributed by atoms with Crippen LogP contribution in [-0.4, -0.2) is 13.1 Å². The third-order valence-corrected chi connectivity index (χ3v) is 2.07. The van der Waals surface area contributed by atoms with Gasteiger partial charge in [0.05, 0.1) is 19.1 Å². The molecule has 6 heteroatoms. The molecule has 0 aliphatic heterocycles. The normalized spacial score (nSPS) is 11.8. The van der Waals surface area contributed by atoms with Gasteiger partial charge in [0.25, 0.3) is 0 Å². The highest BCUT2D eigenvalue weighted by Crippen LogP contribution is 2.30. The molecule has 1 rings (SSSR count). The second-order valence-electron chi connectivity index (χ2n) is 3.45. The van der Waals surface area contributed by atoms with Crippen LogP contribution in [0, 0.1) is 5.82 Å². The molecule has 1 aromatic carbocycles. The average molecular weight is 262 g/mol. The Bertz CT molecular complexity index is 464. The first kappa shape index (κ1) is 14.2. The van der Waals surface area contributed by atoms with Crippen LogP contribution in [-0.2, 0) is 15.7 Å². The first-order valence-electron chi connectivity index (χ1n) is 4.94. The highest BCUT2D eigenvalue weighted by molar-refractivity contribution is 5.72. The summed E-state index contributed by atoms with van der Waals surface area (Å²) in [6, 6.07) is 2.16. The topological polar surface area (TPSA) is 26.3 Å². The summed E-state index contributed by atoms with van der Waals surface area (Å²) in [4.78, 5) is 10.8. The van der Waals surface area contributed by atoms with Crippen LogP contribution in [0.4, 0.5) is 17.6 Å². The molecule has 0 aromatic heterocycles. The number of rotatable bonds is 3. The second-order valence-corrected chi connectivity index (χ2v) is 3.45.